The van der Waals surface area contributed by atoms with Crippen LogP contribution in [0.1, 0.15) is 19.8 Å². The zero-order valence-corrected chi connectivity index (χ0v) is 16.5. The van der Waals surface area contributed by atoms with Gasteiger partial charge in [0.1, 0.15) is 10.6 Å². The molecule has 1 unspecified atom stereocenters. The van der Waals surface area contributed by atoms with Gasteiger partial charge in [-0.2, -0.15) is 0 Å². The van der Waals surface area contributed by atoms with E-state index in [1.807, 2.05) is 0 Å². The minimum Gasteiger partial charge on any atom is -0.495 e. The highest BCUT2D eigenvalue weighted by Crippen LogP contribution is 2.34. The van der Waals surface area contributed by atoms with Crippen LogP contribution in [0.15, 0.2) is 23.1 Å². The molecular weight excluding hydrogens is 390 g/mol. The summed E-state index contributed by atoms with van der Waals surface area (Å²) in [5, 5.41) is 0. The lowest BCUT2D eigenvalue weighted by molar-refractivity contribution is 0.402. The maximum atomic E-state index is 12.6. The van der Waals surface area contributed by atoms with Crippen LogP contribution in [0.5, 0.6) is 5.75 Å². The molecule has 144 valence electrons. The van der Waals surface area contributed by atoms with Crippen molar-refractivity contribution >= 4 is 38.1 Å². The Morgan fingerprint density at radius 3 is 2.40 bits per heavy atom. The summed E-state index contributed by atoms with van der Waals surface area (Å²) in [5.74, 6) is 0.244. The predicted octanol–water partition coefficient (Wildman–Crippen LogP) is 0.894. The minimum absolute atomic E-state index is 0. The van der Waals surface area contributed by atoms with Gasteiger partial charge < -0.3 is 10.5 Å². The van der Waals surface area contributed by atoms with Gasteiger partial charge in [-0.3, -0.25) is 4.72 Å². The molecule has 0 spiro atoms. The summed E-state index contributed by atoms with van der Waals surface area (Å²) in [4.78, 5) is -0.0523. The molecule has 1 aliphatic carbocycles. The lowest BCUT2D eigenvalue weighted by atomic mass is 10.2. The van der Waals surface area contributed by atoms with Crippen LogP contribution in [0.3, 0.4) is 0 Å². The van der Waals surface area contributed by atoms with Crippen molar-refractivity contribution < 1.29 is 21.6 Å². The van der Waals surface area contributed by atoms with Crippen molar-refractivity contribution in [3.63, 3.8) is 0 Å². The molecule has 0 aromatic heterocycles. The SMILES string of the molecule is CCS(=O)(=O)Nc1ccc(S(=O)(=O)NC(CN)C2CC2)c(OC)c1.Cl. The third-order valence-corrected chi connectivity index (χ3v) is 6.69. The third-order valence-electron chi connectivity index (χ3n) is 3.86. The minimum atomic E-state index is -3.82. The van der Waals surface area contributed by atoms with Crippen LogP contribution in [0, 0.1) is 5.92 Å². The third kappa shape index (κ3) is 5.71. The topological polar surface area (TPSA) is 128 Å². The van der Waals surface area contributed by atoms with Crippen LogP contribution < -0.4 is 19.9 Å². The Hall–Kier alpha value is -1.07. The number of rotatable bonds is 9. The highest BCUT2D eigenvalue weighted by atomic mass is 35.5. The van der Waals surface area contributed by atoms with E-state index in [4.69, 9.17) is 10.5 Å². The van der Waals surface area contributed by atoms with Gasteiger partial charge in [-0.1, -0.05) is 0 Å². The largest absolute Gasteiger partial charge is 0.495 e. The Morgan fingerprint density at radius 1 is 1.28 bits per heavy atom. The first kappa shape index (κ1) is 22.0. The molecule has 0 amide bonds. The van der Waals surface area contributed by atoms with Gasteiger partial charge in [-0.25, -0.2) is 21.6 Å². The summed E-state index contributed by atoms with van der Waals surface area (Å²) < 4.78 is 58.5. The molecule has 25 heavy (non-hydrogen) atoms. The van der Waals surface area contributed by atoms with Crippen molar-refractivity contribution in [2.45, 2.75) is 30.7 Å². The molecule has 1 aliphatic rings. The zero-order chi connectivity index (χ0) is 18.0. The Morgan fingerprint density at radius 2 is 1.92 bits per heavy atom. The Kier molecular flexibility index (Phi) is 7.51. The first-order valence-electron chi connectivity index (χ1n) is 7.63. The van der Waals surface area contributed by atoms with Crippen molar-refractivity contribution in [3.8, 4) is 5.75 Å². The van der Waals surface area contributed by atoms with E-state index in [9.17, 15) is 16.8 Å². The highest BCUT2D eigenvalue weighted by Gasteiger charge is 2.34. The van der Waals surface area contributed by atoms with Crippen LogP contribution >= 0.6 is 12.4 Å². The molecule has 0 heterocycles. The first-order valence-corrected chi connectivity index (χ1v) is 10.8. The van der Waals surface area contributed by atoms with Gasteiger partial charge in [0.15, 0.2) is 0 Å². The van der Waals surface area contributed by atoms with Gasteiger partial charge in [0.25, 0.3) is 0 Å². The number of methoxy groups -OCH3 is 1. The summed E-state index contributed by atoms with van der Waals surface area (Å²) in [5.41, 5.74) is 5.88. The van der Waals surface area contributed by atoms with E-state index in [1.165, 1.54) is 32.2 Å². The molecular formula is C14H24ClN3O5S2. The summed E-state index contributed by atoms with van der Waals surface area (Å²) >= 11 is 0. The van der Waals surface area contributed by atoms with E-state index in [0.717, 1.165) is 12.8 Å². The lowest BCUT2D eigenvalue weighted by Crippen LogP contribution is -2.41. The maximum Gasteiger partial charge on any atom is 0.244 e. The molecule has 11 heteroatoms. The lowest BCUT2D eigenvalue weighted by Gasteiger charge is -2.18. The van der Waals surface area contributed by atoms with E-state index in [2.05, 4.69) is 9.44 Å². The van der Waals surface area contributed by atoms with Crippen LogP contribution in [-0.2, 0) is 20.0 Å². The number of hydrogen-bond donors (Lipinski definition) is 3. The summed E-state index contributed by atoms with van der Waals surface area (Å²) in [6.45, 7) is 1.73. The van der Waals surface area contributed by atoms with Gasteiger partial charge in [0.05, 0.1) is 18.6 Å². The summed E-state index contributed by atoms with van der Waals surface area (Å²) in [7, 11) is -5.95. The van der Waals surface area contributed by atoms with E-state index >= 15 is 0 Å². The molecule has 0 aliphatic heterocycles. The molecule has 4 N–H and O–H groups in total. The average molecular weight is 414 g/mol. The second kappa shape index (κ2) is 8.54. The van der Waals surface area contributed by atoms with Gasteiger partial charge in [0.2, 0.25) is 20.0 Å². The Balaban J connectivity index is 0.00000312. The number of nitrogens with two attached hydrogens (primary N) is 1. The molecule has 0 saturated heterocycles. The highest BCUT2D eigenvalue weighted by molar-refractivity contribution is 7.92. The fourth-order valence-corrected chi connectivity index (χ4v) is 4.40. The van der Waals surface area contributed by atoms with Crippen molar-refractivity contribution in [1.82, 2.24) is 4.72 Å². The second-order valence-electron chi connectivity index (χ2n) is 5.67. The molecule has 1 fully saturated rings. The summed E-state index contributed by atoms with van der Waals surface area (Å²) in [6, 6.07) is 3.74. The van der Waals surface area contributed by atoms with E-state index < -0.39 is 20.0 Å². The molecule has 2 rings (SSSR count). The first-order chi connectivity index (χ1) is 11.2. The molecule has 1 atom stereocenters. The number of benzene rings is 1. The van der Waals surface area contributed by atoms with Gasteiger partial charge in [-0.15, -0.1) is 12.4 Å². The quantitative estimate of drug-likeness (QED) is 0.551. The number of hydrogen-bond acceptors (Lipinski definition) is 6. The normalized spacial score (nSPS) is 16.0. The summed E-state index contributed by atoms with van der Waals surface area (Å²) in [6.07, 6.45) is 1.92. The number of halogens is 1. The van der Waals surface area contributed by atoms with Gasteiger partial charge in [-0.05, 0) is 37.8 Å². The Labute approximate surface area is 155 Å². The fourth-order valence-electron chi connectivity index (χ4n) is 2.30. The molecule has 0 radical (unpaired) electrons. The maximum absolute atomic E-state index is 12.6. The van der Waals surface area contributed by atoms with Crippen molar-refractivity contribution in [1.29, 1.82) is 0 Å². The van der Waals surface area contributed by atoms with Crippen LogP contribution in [0.4, 0.5) is 5.69 Å². The second-order valence-corrected chi connectivity index (χ2v) is 9.37. The van der Waals surface area contributed by atoms with Crippen molar-refractivity contribution in [2.75, 3.05) is 24.1 Å². The van der Waals surface area contributed by atoms with Crippen LogP contribution in [0.25, 0.3) is 0 Å². The number of ether oxygens (including phenoxy) is 1. The molecule has 8 nitrogen and oxygen atoms in total. The standard InChI is InChI=1S/C14H23N3O5S2.ClH/c1-3-23(18,19)16-11-6-7-14(13(8-11)22-2)24(20,21)17-12(9-15)10-4-5-10;/h6-8,10,12,16-17H,3-5,9,15H2,1-2H3;1H. The molecule has 1 aromatic carbocycles. The van der Waals surface area contributed by atoms with E-state index in [-0.39, 0.29) is 53.0 Å². The number of anilines is 1. The number of nitrogens with one attached hydrogen (secondary N) is 2. The van der Waals surface area contributed by atoms with Crippen LogP contribution in [-0.4, -0.2) is 42.3 Å². The van der Waals surface area contributed by atoms with Crippen molar-refractivity contribution in [2.24, 2.45) is 11.7 Å². The van der Waals surface area contributed by atoms with Gasteiger partial charge in [0, 0.05) is 18.7 Å². The molecule has 0 bridgehead atoms. The van der Waals surface area contributed by atoms with E-state index in [1.54, 1.807) is 0 Å². The zero-order valence-electron chi connectivity index (χ0n) is 14.1. The number of sulfonamides is 2. The predicted molar refractivity (Wildman–Crippen MR) is 99.2 cm³/mol. The monoisotopic (exact) mass is 413 g/mol. The molecule has 1 aromatic rings. The van der Waals surface area contributed by atoms with Crippen LogP contribution in [0.2, 0.25) is 0 Å². The van der Waals surface area contributed by atoms with Crippen molar-refractivity contribution in [3.05, 3.63) is 18.2 Å². The smallest absolute Gasteiger partial charge is 0.244 e. The van der Waals surface area contributed by atoms with E-state index in [0.29, 0.717) is 0 Å². The molecule has 1 saturated carbocycles. The van der Waals surface area contributed by atoms with Gasteiger partial charge >= 0.3 is 0 Å². The Bertz CT molecular complexity index is 795. The fraction of sp³-hybridized carbons (Fsp3) is 0.571. The average Bonchev–Trinajstić information content (AvgIpc) is 3.36.